The van der Waals surface area contributed by atoms with Gasteiger partial charge >= 0.3 is 0 Å². The van der Waals surface area contributed by atoms with Crippen LogP contribution >= 0.6 is 11.8 Å². The lowest BCUT2D eigenvalue weighted by Gasteiger charge is -2.07. The number of sulfonamides is 1. The Morgan fingerprint density at radius 2 is 1.82 bits per heavy atom. The molecular weight excluding hydrogens is 254 g/mol. The van der Waals surface area contributed by atoms with Crippen molar-refractivity contribution < 1.29 is 8.42 Å². The summed E-state index contributed by atoms with van der Waals surface area (Å²) in [5.74, 6) is 0. The second-order valence-electron chi connectivity index (χ2n) is 4.87. The zero-order valence-electron chi connectivity index (χ0n) is 10.2. The van der Waals surface area contributed by atoms with Gasteiger partial charge in [-0.2, -0.15) is 0 Å². The summed E-state index contributed by atoms with van der Waals surface area (Å²) in [7, 11) is -3.35. The first-order valence-electron chi connectivity index (χ1n) is 5.55. The summed E-state index contributed by atoms with van der Waals surface area (Å²) in [5.41, 5.74) is 1.06. The molecule has 0 spiro atoms. The minimum absolute atomic E-state index is 0.218. The van der Waals surface area contributed by atoms with E-state index in [-0.39, 0.29) is 4.75 Å². The average molecular weight is 271 g/mol. The first kappa shape index (κ1) is 12.9. The van der Waals surface area contributed by atoms with Crippen LogP contribution in [-0.4, -0.2) is 25.0 Å². The van der Waals surface area contributed by atoms with Gasteiger partial charge in [0.2, 0.25) is 10.0 Å². The quantitative estimate of drug-likeness (QED) is 0.854. The lowest BCUT2D eigenvalue weighted by atomic mass is 10.1. The molecule has 17 heavy (non-hydrogen) atoms. The molecule has 5 heteroatoms. The molecule has 2 rings (SSSR count). The van der Waals surface area contributed by atoms with Crippen LogP contribution in [0.25, 0.3) is 0 Å². The van der Waals surface area contributed by atoms with Gasteiger partial charge in [-0.15, -0.1) is 11.8 Å². The predicted octanol–water partition coefficient (Wildman–Crippen LogP) is 2.17. The van der Waals surface area contributed by atoms with Crippen LogP contribution in [0.15, 0.2) is 29.2 Å². The van der Waals surface area contributed by atoms with Crippen molar-refractivity contribution in [3.05, 3.63) is 29.8 Å². The van der Waals surface area contributed by atoms with E-state index in [0.717, 1.165) is 5.56 Å². The van der Waals surface area contributed by atoms with Crippen molar-refractivity contribution in [1.82, 2.24) is 4.72 Å². The Balaban J connectivity index is 2.02. The second-order valence-corrected chi connectivity index (χ2v) is 8.50. The van der Waals surface area contributed by atoms with E-state index in [4.69, 9.17) is 0 Å². The molecule has 94 valence electrons. The van der Waals surface area contributed by atoms with Crippen LogP contribution in [-0.2, 0) is 10.0 Å². The number of thioether (sulfide) groups is 1. The van der Waals surface area contributed by atoms with E-state index in [1.807, 2.05) is 19.1 Å². The topological polar surface area (TPSA) is 46.2 Å². The summed E-state index contributed by atoms with van der Waals surface area (Å²) < 4.78 is 26.8. The van der Waals surface area contributed by atoms with Crippen molar-refractivity contribution in [2.75, 3.05) is 6.54 Å². The molecule has 3 nitrogen and oxygen atoms in total. The highest BCUT2D eigenvalue weighted by Gasteiger charge is 2.47. The van der Waals surface area contributed by atoms with Crippen LogP contribution in [0.5, 0.6) is 0 Å². The van der Waals surface area contributed by atoms with Gasteiger partial charge in [-0.05, 0) is 32.9 Å². The lowest BCUT2D eigenvalue weighted by Crippen LogP contribution is -2.29. The van der Waals surface area contributed by atoms with E-state index in [2.05, 4.69) is 18.6 Å². The highest BCUT2D eigenvalue weighted by molar-refractivity contribution is 8.08. The third-order valence-electron chi connectivity index (χ3n) is 2.95. The lowest BCUT2D eigenvalue weighted by molar-refractivity contribution is 0.579. The average Bonchev–Trinajstić information content (AvgIpc) is 2.85. The van der Waals surface area contributed by atoms with E-state index in [1.54, 1.807) is 23.9 Å². The third kappa shape index (κ3) is 3.03. The molecule has 0 saturated carbocycles. The molecule has 1 saturated heterocycles. The Morgan fingerprint density at radius 3 is 2.29 bits per heavy atom. The number of hydrogen-bond donors (Lipinski definition) is 1. The van der Waals surface area contributed by atoms with Gasteiger partial charge in [-0.1, -0.05) is 17.7 Å². The zero-order chi connectivity index (χ0) is 12.7. The Labute approximate surface area is 107 Å². The van der Waals surface area contributed by atoms with Crippen LogP contribution in [0.2, 0.25) is 0 Å². The monoisotopic (exact) mass is 271 g/mol. The number of aryl methyl sites for hydroxylation is 1. The fourth-order valence-corrected chi connectivity index (χ4v) is 3.67. The maximum atomic E-state index is 12.0. The Bertz CT molecular complexity index is 506. The molecule has 1 unspecified atom stereocenters. The molecule has 0 aromatic heterocycles. The van der Waals surface area contributed by atoms with Gasteiger partial charge in [-0.3, -0.25) is 0 Å². The second kappa shape index (κ2) is 4.30. The van der Waals surface area contributed by atoms with Crippen LogP contribution in [0.3, 0.4) is 0 Å². The summed E-state index contributed by atoms with van der Waals surface area (Å²) in [6.45, 7) is 6.70. The molecular formula is C12H17NO2S2. The fourth-order valence-electron chi connectivity index (χ4n) is 1.61. The maximum absolute atomic E-state index is 12.0. The molecule has 0 aliphatic carbocycles. The van der Waals surface area contributed by atoms with Crippen molar-refractivity contribution >= 4 is 21.8 Å². The molecule has 0 amide bonds. The van der Waals surface area contributed by atoms with Crippen molar-refractivity contribution in [2.45, 2.75) is 35.7 Å². The van der Waals surface area contributed by atoms with Gasteiger partial charge in [0.05, 0.1) is 4.90 Å². The van der Waals surface area contributed by atoms with E-state index >= 15 is 0 Å². The Hall–Kier alpha value is -0.520. The molecule has 1 atom stereocenters. The van der Waals surface area contributed by atoms with E-state index < -0.39 is 10.0 Å². The molecule has 1 aliphatic heterocycles. The number of benzene rings is 1. The minimum atomic E-state index is -3.35. The Morgan fingerprint density at radius 1 is 1.29 bits per heavy atom. The van der Waals surface area contributed by atoms with Crippen molar-refractivity contribution in [3.63, 3.8) is 0 Å². The summed E-state index contributed by atoms with van der Waals surface area (Å²) >= 11 is 1.81. The number of hydrogen-bond acceptors (Lipinski definition) is 3. The van der Waals surface area contributed by atoms with Crippen LogP contribution in [0, 0.1) is 6.92 Å². The molecule has 0 bridgehead atoms. The van der Waals surface area contributed by atoms with Crippen LogP contribution in [0.1, 0.15) is 19.4 Å². The van der Waals surface area contributed by atoms with Crippen LogP contribution in [0.4, 0.5) is 0 Å². The summed E-state index contributed by atoms with van der Waals surface area (Å²) in [4.78, 5) is 0.339. The molecule has 1 aromatic rings. The zero-order valence-corrected chi connectivity index (χ0v) is 11.9. The molecule has 1 fully saturated rings. The number of rotatable bonds is 4. The maximum Gasteiger partial charge on any atom is 0.240 e. The van der Waals surface area contributed by atoms with Gasteiger partial charge in [0.1, 0.15) is 0 Å². The predicted molar refractivity (Wildman–Crippen MR) is 71.8 cm³/mol. The summed E-state index contributed by atoms with van der Waals surface area (Å²) in [5, 5.41) is 0.391. The first-order valence-corrected chi connectivity index (χ1v) is 7.92. The minimum Gasteiger partial charge on any atom is -0.210 e. The first-order chi connectivity index (χ1) is 7.81. The van der Waals surface area contributed by atoms with Crippen molar-refractivity contribution in [1.29, 1.82) is 0 Å². The van der Waals surface area contributed by atoms with E-state index in [0.29, 0.717) is 16.7 Å². The smallest absolute Gasteiger partial charge is 0.210 e. The van der Waals surface area contributed by atoms with Crippen molar-refractivity contribution in [2.24, 2.45) is 0 Å². The van der Waals surface area contributed by atoms with Gasteiger partial charge in [0, 0.05) is 16.5 Å². The molecule has 1 aromatic carbocycles. The van der Waals surface area contributed by atoms with Gasteiger partial charge in [0.25, 0.3) is 0 Å². The number of nitrogens with one attached hydrogen (secondary N) is 1. The standard InChI is InChI=1S/C12H17NO2S2/c1-9-4-6-10(7-5-9)17(14,15)13-8-11-12(2,3)16-11/h4-7,11,13H,8H2,1-3H3. The normalized spacial score (nSPS) is 22.4. The fraction of sp³-hybridized carbons (Fsp3) is 0.500. The summed E-state index contributed by atoms with van der Waals surface area (Å²) in [6, 6.07) is 6.90. The van der Waals surface area contributed by atoms with E-state index in [1.165, 1.54) is 0 Å². The van der Waals surface area contributed by atoms with Crippen LogP contribution < -0.4 is 4.72 Å². The summed E-state index contributed by atoms with van der Waals surface area (Å²) in [6.07, 6.45) is 0. The highest BCUT2D eigenvalue weighted by Crippen LogP contribution is 2.52. The largest absolute Gasteiger partial charge is 0.240 e. The van der Waals surface area contributed by atoms with E-state index in [9.17, 15) is 8.42 Å². The molecule has 1 aliphatic rings. The Kier molecular flexibility index (Phi) is 3.27. The third-order valence-corrected chi connectivity index (χ3v) is 6.07. The van der Waals surface area contributed by atoms with Gasteiger partial charge < -0.3 is 0 Å². The van der Waals surface area contributed by atoms with Gasteiger partial charge in [0.15, 0.2) is 0 Å². The van der Waals surface area contributed by atoms with Gasteiger partial charge in [-0.25, -0.2) is 13.1 Å². The molecule has 1 N–H and O–H groups in total. The van der Waals surface area contributed by atoms with Crippen molar-refractivity contribution in [3.8, 4) is 0 Å². The SMILES string of the molecule is Cc1ccc(S(=O)(=O)NCC2SC2(C)C)cc1. The highest BCUT2D eigenvalue weighted by atomic mass is 32.2. The molecule has 0 radical (unpaired) electrons. The molecule has 1 heterocycles.